The summed E-state index contributed by atoms with van der Waals surface area (Å²) in [6, 6.07) is 9.32. The largest absolute Gasteiger partial charge is 0.481 e. The minimum absolute atomic E-state index is 0.0495. The Kier molecular flexibility index (Phi) is 12.8. The van der Waals surface area contributed by atoms with Gasteiger partial charge in [0, 0.05) is 12.6 Å². The molecule has 1 aromatic heterocycles. The quantitative estimate of drug-likeness (QED) is 0.324. The number of para-hydroxylation sites is 1. The van der Waals surface area contributed by atoms with E-state index >= 15 is 0 Å². The van der Waals surface area contributed by atoms with Crippen molar-refractivity contribution in [3.63, 3.8) is 0 Å². The second-order valence-corrected chi connectivity index (χ2v) is 9.74. The number of halogens is 1. The van der Waals surface area contributed by atoms with Crippen molar-refractivity contribution in [1.29, 1.82) is 0 Å². The summed E-state index contributed by atoms with van der Waals surface area (Å²) >= 11 is 1.54. The van der Waals surface area contributed by atoms with E-state index in [1.807, 2.05) is 12.1 Å². The molecule has 2 rings (SSSR count). The van der Waals surface area contributed by atoms with Crippen molar-refractivity contribution in [1.82, 2.24) is 10.6 Å². The maximum atomic E-state index is 13.7. The van der Waals surface area contributed by atoms with Crippen molar-refractivity contribution in [3.05, 3.63) is 54.2 Å². The van der Waals surface area contributed by atoms with Crippen LogP contribution >= 0.6 is 11.8 Å². The van der Waals surface area contributed by atoms with E-state index in [2.05, 4.69) is 31.4 Å². The van der Waals surface area contributed by atoms with E-state index in [-0.39, 0.29) is 36.1 Å². The number of thioether (sulfide) groups is 1. The number of amides is 1. The van der Waals surface area contributed by atoms with Gasteiger partial charge >= 0.3 is 0 Å². The lowest BCUT2D eigenvalue weighted by Crippen LogP contribution is -2.49. The monoisotopic (exact) mass is 492 g/mol. The lowest BCUT2D eigenvalue weighted by Gasteiger charge is -2.25. The van der Waals surface area contributed by atoms with Gasteiger partial charge in [-0.3, -0.25) is 9.59 Å². The fraction of sp³-hybridized carbons (Fsp3) is 0.538. The van der Waals surface area contributed by atoms with Crippen molar-refractivity contribution >= 4 is 23.5 Å². The van der Waals surface area contributed by atoms with Gasteiger partial charge in [-0.25, -0.2) is 4.39 Å². The molecule has 0 saturated heterocycles. The molecule has 0 fully saturated rings. The highest BCUT2D eigenvalue weighted by molar-refractivity contribution is 7.99. The number of benzene rings is 1. The first-order chi connectivity index (χ1) is 16.4. The first-order valence-corrected chi connectivity index (χ1v) is 13.1. The zero-order valence-electron chi connectivity index (χ0n) is 20.3. The summed E-state index contributed by atoms with van der Waals surface area (Å²) < 4.78 is 24.4. The number of unbranched alkanes of at least 4 members (excludes halogenated alkanes) is 1. The average Bonchev–Trinajstić information content (AvgIpc) is 3.31. The summed E-state index contributed by atoms with van der Waals surface area (Å²) in [7, 11) is 0. The molecule has 0 radical (unpaired) electrons. The maximum absolute atomic E-state index is 13.7. The summed E-state index contributed by atoms with van der Waals surface area (Å²) in [4.78, 5) is 25.3. The fourth-order valence-electron chi connectivity index (χ4n) is 3.55. The minimum Gasteiger partial charge on any atom is -0.481 e. The Labute approximate surface area is 206 Å². The third-order valence-electron chi connectivity index (χ3n) is 5.23. The Hall–Kier alpha value is -2.32. The SMILES string of the molecule is CCCCC(NCC(CC(C)C)NC(=O)COc1ccccc1F)C(=O)CSCc1ccco1. The van der Waals surface area contributed by atoms with Crippen LogP contribution in [0.5, 0.6) is 5.75 Å². The number of nitrogens with one attached hydrogen (secondary N) is 2. The maximum Gasteiger partial charge on any atom is 0.258 e. The van der Waals surface area contributed by atoms with Crippen LogP contribution in [0.25, 0.3) is 0 Å². The molecule has 0 aliphatic rings. The summed E-state index contributed by atoms with van der Waals surface area (Å²) in [5, 5.41) is 6.36. The second kappa shape index (κ2) is 15.6. The van der Waals surface area contributed by atoms with Crippen molar-refractivity contribution in [2.24, 2.45) is 5.92 Å². The van der Waals surface area contributed by atoms with Crippen LogP contribution in [0.2, 0.25) is 0 Å². The van der Waals surface area contributed by atoms with Gasteiger partial charge in [-0.05, 0) is 43.0 Å². The normalized spacial score (nSPS) is 13.0. The molecule has 0 aliphatic carbocycles. The van der Waals surface area contributed by atoms with Gasteiger partial charge in [0.25, 0.3) is 5.91 Å². The first kappa shape index (κ1) is 27.9. The van der Waals surface area contributed by atoms with Crippen molar-refractivity contribution in [3.8, 4) is 5.75 Å². The number of carbonyl (C=O) groups is 2. The number of carbonyl (C=O) groups excluding carboxylic acids is 2. The fourth-order valence-corrected chi connectivity index (χ4v) is 4.42. The molecule has 2 aromatic rings. The number of rotatable bonds is 17. The van der Waals surface area contributed by atoms with Crippen LogP contribution in [0.4, 0.5) is 4.39 Å². The predicted molar refractivity (Wildman–Crippen MR) is 134 cm³/mol. The number of hydrogen-bond acceptors (Lipinski definition) is 6. The van der Waals surface area contributed by atoms with Gasteiger partial charge in [-0.15, -0.1) is 11.8 Å². The van der Waals surface area contributed by atoms with Crippen LogP contribution in [0, 0.1) is 11.7 Å². The molecule has 2 N–H and O–H groups in total. The van der Waals surface area contributed by atoms with Crippen LogP contribution in [-0.2, 0) is 15.3 Å². The lowest BCUT2D eigenvalue weighted by atomic mass is 10.0. The first-order valence-electron chi connectivity index (χ1n) is 11.9. The molecule has 2 unspecified atom stereocenters. The number of furan rings is 1. The molecule has 1 amide bonds. The van der Waals surface area contributed by atoms with E-state index < -0.39 is 5.82 Å². The molecule has 188 valence electrons. The standard InChI is InChI=1S/C26H37FN2O4S/c1-4-5-11-23(24(30)18-34-17-21-9-8-13-32-21)28-15-20(14-19(2)3)29-26(31)16-33-25-12-7-6-10-22(25)27/h6-10,12-13,19-20,23,28H,4-5,11,14-18H2,1-3H3,(H,29,31). The van der Waals surface area contributed by atoms with Crippen LogP contribution in [0.1, 0.15) is 52.2 Å². The van der Waals surface area contributed by atoms with Gasteiger partial charge in [0.15, 0.2) is 24.0 Å². The van der Waals surface area contributed by atoms with Crippen LogP contribution in [0.3, 0.4) is 0 Å². The molecule has 1 heterocycles. The molecule has 0 saturated carbocycles. The Bertz CT molecular complexity index is 860. The Balaban J connectivity index is 1.86. The highest BCUT2D eigenvalue weighted by Gasteiger charge is 2.21. The van der Waals surface area contributed by atoms with Gasteiger partial charge in [-0.2, -0.15) is 0 Å². The molecular weight excluding hydrogens is 455 g/mol. The van der Waals surface area contributed by atoms with Gasteiger partial charge in [0.05, 0.1) is 23.8 Å². The third-order valence-corrected chi connectivity index (χ3v) is 6.21. The highest BCUT2D eigenvalue weighted by Crippen LogP contribution is 2.16. The van der Waals surface area contributed by atoms with Crippen LogP contribution in [-0.4, -0.2) is 42.7 Å². The van der Waals surface area contributed by atoms with Gasteiger partial charge in [0.2, 0.25) is 0 Å². The number of hydrogen-bond donors (Lipinski definition) is 2. The molecule has 0 spiro atoms. The van der Waals surface area contributed by atoms with E-state index in [9.17, 15) is 14.0 Å². The molecule has 34 heavy (non-hydrogen) atoms. The lowest BCUT2D eigenvalue weighted by molar-refractivity contribution is -0.123. The highest BCUT2D eigenvalue weighted by atomic mass is 32.2. The summed E-state index contributed by atoms with van der Waals surface area (Å²) in [6.45, 7) is 6.48. The van der Waals surface area contributed by atoms with Gasteiger partial charge in [-0.1, -0.05) is 45.7 Å². The average molecular weight is 493 g/mol. The smallest absolute Gasteiger partial charge is 0.258 e. The van der Waals surface area contributed by atoms with Gasteiger partial charge in [0.1, 0.15) is 5.76 Å². The van der Waals surface area contributed by atoms with Crippen molar-refractivity contribution in [2.75, 3.05) is 18.9 Å². The van der Waals surface area contributed by atoms with E-state index in [0.29, 0.717) is 24.0 Å². The van der Waals surface area contributed by atoms with Gasteiger partial charge < -0.3 is 19.8 Å². The van der Waals surface area contributed by atoms with Crippen LogP contribution in [0.15, 0.2) is 47.1 Å². The molecule has 8 heteroatoms. The molecule has 0 bridgehead atoms. The molecule has 1 aromatic carbocycles. The summed E-state index contributed by atoms with van der Waals surface area (Å²) in [5.41, 5.74) is 0. The second-order valence-electron chi connectivity index (χ2n) is 8.75. The zero-order valence-corrected chi connectivity index (χ0v) is 21.2. The number of Topliss-reactive ketones (excluding diaryl/α,β-unsaturated/α-hetero) is 1. The molecular formula is C26H37FN2O4S. The number of ketones is 1. The molecule has 0 aliphatic heterocycles. The third kappa shape index (κ3) is 10.7. The van der Waals surface area contributed by atoms with E-state index in [1.165, 1.54) is 12.1 Å². The zero-order chi connectivity index (χ0) is 24.8. The minimum atomic E-state index is -0.502. The summed E-state index contributed by atoms with van der Waals surface area (Å²) in [6.07, 6.45) is 5.10. The topological polar surface area (TPSA) is 80.6 Å². The Morgan fingerprint density at radius 3 is 2.65 bits per heavy atom. The Morgan fingerprint density at radius 2 is 1.97 bits per heavy atom. The van der Waals surface area contributed by atoms with E-state index in [4.69, 9.17) is 9.15 Å². The molecule has 2 atom stereocenters. The summed E-state index contributed by atoms with van der Waals surface area (Å²) in [5.74, 6) is 1.66. The van der Waals surface area contributed by atoms with Crippen molar-refractivity contribution in [2.45, 2.75) is 64.3 Å². The van der Waals surface area contributed by atoms with E-state index in [0.717, 1.165) is 31.4 Å². The van der Waals surface area contributed by atoms with Crippen LogP contribution < -0.4 is 15.4 Å². The predicted octanol–water partition coefficient (Wildman–Crippen LogP) is 4.98. The van der Waals surface area contributed by atoms with Crippen molar-refractivity contribution < 1.29 is 23.1 Å². The molecule has 6 nitrogen and oxygen atoms in total. The van der Waals surface area contributed by atoms with E-state index in [1.54, 1.807) is 30.2 Å². The Morgan fingerprint density at radius 1 is 1.18 bits per heavy atom. The number of ether oxygens (including phenoxy) is 1.